The molecule has 1 N–H and O–H groups in total. The molecule has 30 heavy (non-hydrogen) atoms. The number of sulfonamides is 1. The molecule has 0 spiro atoms. The number of fused-ring (bicyclic) bond motifs is 1. The Balaban J connectivity index is 1.84. The van der Waals surface area contributed by atoms with Gasteiger partial charge in [0.1, 0.15) is 0 Å². The molecule has 0 saturated carbocycles. The highest BCUT2D eigenvalue weighted by Gasteiger charge is 2.36. The fourth-order valence-corrected chi connectivity index (χ4v) is 5.03. The number of rotatable bonds is 3. The van der Waals surface area contributed by atoms with Crippen LogP contribution in [0.4, 0.5) is 5.69 Å². The molecule has 0 radical (unpaired) electrons. The van der Waals surface area contributed by atoms with Crippen LogP contribution in [-0.4, -0.2) is 25.2 Å². The zero-order chi connectivity index (χ0) is 21.5. The first-order valence-corrected chi connectivity index (χ1v) is 11.3. The molecule has 1 unspecified atom stereocenters. The van der Waals surface area contributed by atoms with E-state index in [9.17, 15) is 13.2 Å². The first-order chi connectivity index (χ1) is 14.3. The topological polar surface area (TPSA) is 66.5 Å². The molecule has 3 aromatic carbocycles. The molecule has 0 fully saturated rings. The number of hydrogen-bond acceptors (Lipinski definition) is 4. The van der Waals surface area contributed by atoms with Crippen molar-refractivity contribution in [1.82, 2.24) is 4.31 Å². The smallest absolute Gasteiger partial charge is 0.269 e. The molecule has 5 nitrogen and oxygen atoms in total. The minimum atomic E-state index is -4.04. The van der Waals surface area contributed by atoms with Crippen LogP contribution in [0.15, 0.2) is 71.6 Å². The lowest BCUT2D eigenvalue weighted by Crippen LogP contribution is -2.39. The number of amides is 1. The Morgan fingerprint density at radius 3 is 2.23 bits per heavy atom. The molecular weight excluding hydrogens is 420 g/mol. The number of halogens is 1. The Morgan fingerprint density at radius 2 is 1.57 bits per heavy atom. The van der Waals surface area contributed by atoms with Crippen molar-refractivity contribution in [3.8, 4) is 0 Å². The quantitative estimate of drug-likeness (QED) is 0.625. The lowest BCUT2D eigenvalue weighted by atomic mass is 10.1. The van der Waals surface area contributed by atoms with Crippen molar-refractivity contribution in [3.05, 3.63) is 94.0 Å². The molecule has 1 heterocycles. The van der Waals surface area contributed by atoms with Gasteiger partial charge >= 0.3 is 0 Å². The molecule has 0 bridgehead atoms. The summed E-state index contributed by atoms with van der Waals surface area (Å²) in [6.45, 7) is 3.71. The van der Waals surface area contributed by atoms with E-state index in [0.717, 1.165) is 21.0 Å². The van der Waals surface area contributed by atoms with Crippen LogP contribution < -0.4 is 5.32 Å². The van der Waals surface area contributed by atoms with Gasteiger partial charge in [0.05, 0.1) is 23.0 Å². The average Bonchev–Trinajstić information content (AvgIpc) is 2.86. The van der Waals surface area contributed by atoms with Crippen LogP contribution >= 0.6 is 11.6 Å². The van der Waals surface area contributed by atoms with Crippen molar-refractivity contribution >= 4 is 33.2 Å². The Kier molecular flexibility index (Phi) is 5.30. The number of aryl methyl sites for hydroxylation is 2. The molecule has 7 heteroatoms. The summed E-state index contributed by atoms with van der Waals surface area (Å²) in [7, 11) is -4.04. The van der Waals surface area contributed by atoms with Crippen molar-refractivity contribution in [2.45, 2.75) is 24.8 Å². The standard InChI is InChI=1S/C23H21ClN2O3S/c1-15-3-10-19(11-4-15)30(28,29)26-14-22(17-6-8-18(24)9-7-17)25-21-12-5-16(2)13-20(21)23(26)27/h3-13,22,25H,14H2,1-2H3. The molecule has 0 aliphatic carbocycles. The molecule has 1 aliphatic heterocycles. The molecule has 1 atom stereocenters. The third-order valence-electron chi connectivity index (χ3n) is 5.19. The summed E-state index contributed by atoms with van der Waals surface area (Å²) in [6.07, 6.45) is 0. The average molecular weight is 441 g/mol. The van der Waals surface area contributed by atoms with Gasteiger partial charge in [0.25, 0.3) is 15.9 Å². The van der Waals surface area contributed by atoms with Gasteiger partial charge in [-0.1, -0.05) is 53.1 Å². The second-order valence-corrected chi connectivity index (χ2v) is 9.75. The molecular formula is C23H21ClN2O3S. The second kappa shape index (κ2) is 7.78. The van der Waals surface area contributed by atoms with Gasteiger partial charge in [0, 0.05) is 10.7 Å². The predicted molar refractivity (Wildman–Crippen MR) is 118 cm³/mol. The Bertz CT molecular complexity index is 1210. The zero-order valence-electron chi connectivity index (χ0n) is 16.6. The zero-order valence-corrected chi connectivity index (χ0v) is 18.2. The molecule has 1 aliphatic rings. The number of hydrogen-bond donors (Lipinski definition) is 1. The van der Waals surface area contributed by atoms with Gasteiger partial charge in [-0.2, -0.15) is 0 Å². The molecule has 1 amide bonds. The summed E-state index contributed by atoms with van der Waals surface area (Å²) < 4.78 is 27.9. The Hall–Kier alpha value is -2.83. The second-order valence-electron chi connectivity index (χ2n) is 7.45. The summed E-state index contributed by atoms with van der Waals surface area (Å²) in [6, 6.07) is 18.7. The summed E-state index contributed by atoms with van der Waals surface area (Å²) in [5.74, 6) is -0.543. The minimum absolute atomic E-state index is 0.0373. The van der Waals surface area contributed by atoms with Crippen molar-refractivity contribution in [2.75, 3.05) is 11.9 Å². The number of carbonyl (C=O) groups is 1. The van der Waals surface area contributed by atoms with Gasteiger partial charge in [-0.25, -0.2) is 12.7 Å². The highest BCUT2D eigenvalue weighted by molar-refractivity contribution is 7.89. The number of nitrogens with zero attached hydrogens (tertiary/aromatic N) is 1. The minimum Gasteiger partial charge on any atom is -0.376 e. The maximum atomic E-state index is 13.4. The fraction of sp³-hybridized carbons (Fsp3) is 0.174. The van der Waals surface area contributed by atoms with Gasteiger partial charge in [0.2, 0.25) is 0 Å². The van der Waals surface area contributed by atoms with Gasteiger partial charge in [-0.3, -0.25) is 4.79 Å². The maximum absolute atomic E-state index is 13.4. The highest BCUT2D eigenvalue weighted by Crippen LogP contribution is 2.33. The van der Waals surface area contributed by atoms with Gasteiger partial charge < -0.3 is 5.32 Å². The van der Waals surface area contributed by atoms with Crippen molar-refractivity contribution in [3.63, 3.8) is 0 Å². The summed E-state index contributed by atoms with van der Waals surface area (Å²) in [5.41, 5.74) is 3.60. The lowest BCUT2D eigenvalue weighted by molar-refractivity contribution is 0.0862. The third kappa shape index (κ3) is 3.80. The number of anilines is 1. The van der Waals surface area contributed by atoms with Gasteiger partial charge in [-0.05, 0) is 55.8 Å². The lowest BCUT2D eigenvalue weighted by Gasteiger charge is -2.25. The summed E-state index contributed by atoms with van der Waals surface area (Å²) in [4.78, 5) is 13.5. The van der Waals surface area contributed by atoms with E-state index < -0.39 is 22.0 Å². The largest absolute Gasteiger partial charge is 0.376 e. The fourth-order valence-electron chi connectivity index (χ4n) is 3.51. The van der Waals surface area contributed by atoms with Gasteiger partial charge in [-0.15, -0.1) is 0 Å². The Morgan fingerprint density at radius 1 is 0.933 bits per heavy atom. The first-order valence-electron chi connectivity index (χ1n) is 9.52. The van der Waals surface area contributed by atoms with E-state index in [-0.39, 0.29) is 11.4 Å². The van der Waals surface area contributed by atoms with E-state index in [2.05, 4.69) is 5.32 Å². The maximum Gasteiger partial charge on any atom is 0.269 e. The number of nitrogens with one attached hydrogen (secondary N) is 1. The van der Waals surface area contributed by atoms with Crippen LogP contribution in [0, 0.1) is 13.8 Å². The molecule has 4 rings (SSSR count). The molecule has 0 aromatic heterocycles. The normalized spacial score (nSPS) is 16.6. The molecule has 154 valence electrons. The number of benzene rings is 3. The van der Waals surface area contributed by atoms with Crippen LogP contribution in [0.25, 0.3) is 0 Å². The SMILES string of the molecule is Cc1ccc(S(=O)(=O)N2CC(c3ccc(Cl)cc3)Nc3ccc(C)cc3C2=O)cc1. The van der Waals surface area contributed by atoms with Crippen LogP contribution in [0.3, 0.4) is 0 Å². The van der Waals surface area contributed by atoms with Crippen LogP contribution in [0.5, 0.6) is 0 Å². The van der Waals surface area contributed by atoms with Crippen molar-refractivity contribution in [2.24, 2.45) is 0 Å². The molecule has 3 aromatic rings. The van der Waals surface area contributed by atoms with E-state index >= 15 is 0 Å². The highest BCUT2D eigenvalue weighted by atomic mass is 35.5. The van der Waals surface area contributed by atoms with Crippen molar-refractivity contribution < 1.29 is 13.2 Å². The van der Waals surface area contributed by atoms with Gasteiger partial charge in [0.15, 0.2) is 0 Å². The third-order valence-corrected chi connectivity index (χ3v) is 7.21. The molecule has 0 saturated heterocycles. The Labute approximate surface area is 181 Å². The first kappa shape index (κ1) is 20.4. The van der Waals surface area contributed by atoms with Crippen LogP contribution in [0.1, 0.15) is 33.1 Å². The van der Waals surface area contributed by atoms with Crippen LogP contribution in [-0.2, 0) is 10.0 Å². The van der Waals surface area contributed by atoms with E-state index in [0.29, 0.717) is 16.3 Å². The van der Waals surface area contributed by atoms with Crippen LogP contribution in [0.2, 0.25) is 5.02 Å². The summed E-state index contributed by atoms with van der Waals surface area (Å²) in [5, 5.41) is 3.93. The van der Waals surface area contributed by atoms with E-state index in [1.54, 1.807) is 30.3 Å². The monoisotopic (exact) mass is 440 g/mol. The predicted octanol–water partition coefficient (Wildman–Crippen LogP) is 4.95. The van der Waals surface area contributed by atoms with E-state index in [1.165, 1.54) is 12.1 Å². The van der Waals surface area contributed by atoms with E-state index in [1.807, 2.05) is 38.1 Å². The van der Waals surface area contributed by atoms with Crippen molar-refractivity contribution in [1.29, 1.82) is 0 Å². The number of carbonyl (C=O) groups excluding carboxylic acids is 1. The summed E-state index contributed by atoms with van der Waals surface area (Å²) >= 11 is 6.02. The van der Waals surface area contributed by atoms with E-state index in [4.69, 9.17) is 11.6 Å².